The van der Waals surface area contributed by atoms with Gasteiger partial charge in [0.25, 0.3) is 0 Å². The van der Waals surface area contributed by atoms with Crippen molar-refractivity contribution in [3.63, 3.8) is 0 Å². The van der Waals surface area contributed by atoms with Gasteiger partial charge in [0.05, 0.1) is 16.0 Å². The average molecular weight is 591 g/mol. The van der Waals surface area contributed by atoms with Gasteiger partial charge in [-0.25, -0.2) is 9.59 Å². The van der Waals surface area contributed by atoms with E-state index in [1.807, 2.05) is 73.0 Å². The van der Waals surface area contributed by atoms with Gasteiger partial charge in [0.1, 0.15) is 25.6 Å². The van der Waals surface area contributed by atoms with E-state index in [0.29, 0.717) is 28.9 Å². The molecule has 5 aromatic rings. The van der Waals surface area contributed by atoms with Crippen molar-refractivity contribution in [2.24, 2.45) is 0 Å². The van der Waals surface area contributed by atoms with Crippen LogP contribution in [0.4, 0.5) is 0 Å². The van der Waals surface area contributed by atoms with Crippen molar-refractivity contribution in [3.8, 4) is 16.9 Å². The fraction of sp³-hybridized carbons (Fsp3) is 0.139. The topological polar surface area (TPSA) is 78.9 Å². The summed E-state index contributed by atoms with van der Waals surface area (Å²) in [4.78, 5) is 38.0. The first-order valence-corrected chi connectivity index (χ1v) is 14.8. The minimum Gasteiger partial charge on any atom is -0.489 e. The van der Waals surface area contributed by atoms with Gasteiger partial charge in [-0.1, -0.05) is 67.6 Å². The van der Waals surface area contributed by atoms with Gasteiger partial charge in [-0.15, -0.1) is 11.3 Å². The highest BCUT2D eigenvalue weighted by atomic mass is 32.1. The first-order valence-electron chi connectivity index (χ1n) is 13.9. The fourth-order valence-electron chi connectivity index (χ4n) is 4.39. The second-order valence-corrected chi connectivity index (χ2v) is 10.7. The minimum absolute atomic E-state index is 0.00619. The standard InChI is InChI=1S/C36H30O6S/c1-2-33(37)34-20-31(24-43-34)28-14-9-15-32(19-28)40-21-25-16-17-29(22-41-35(38)26-10-5-3-6-11-26)30(18-25)23-42-36(39)27-12-7-4-8-13-27/h3-20,24H,2,21-23H2,1H3. The maximum atomic E-state index is 12.6. The van der Waals surface area contributed by atoms with Gasteiger partial charge in [-0.2, -0.15) is 0 Å². The number of benzene rings is 4. The number of rotatable bonds is 12. The Morgan fingerprint density at radius 1 is 0.628 bits per heavy atom. The highest BCUT2D eigenvalue weighted by Gasteiger charge is 2.14. The third kappa shape index (κ3) is 7.84. The van der Waals surface area contributed by atoms with E-state index in [9.17, 15) is 14.4 Å². The normalized spacial score (nSPS) is 10.6. The van der Waals surface area contributed by atoms with Crippen LogP contribution in [0.2, 0.25) is 0 Å². The van der Waals surface area contributed by atoms with Crippen molar-refractivity contribution in [1.29, 1.82) is 0 Å². The summed E-state index contributed by atoms with van der Waals surface area (Å²) in [6.07, 6.45) is 0.477. The largest absolute Gasteiger partial charge is 0.489 e. The molecule has 0 N–H and O–H groups in total. The molecule has 0 saturated heterocycles. The summed E-state index contributed by atoms with van der Waals surface area (Å²) in [7, 11) is 0. The summed E-state index contributed by atoms with van der Waals surface area (Å²) in [5.41, 5.74) is 5.16. The summed E-state index contributed by atoms with van der Waals surface area (Å²) in [5.74, 6) is -0.0578. The molecular weight excluding hydrogens is 560 g/mol. The van der Waals surface area contributed by atoms with E-state index in [2.05, 4.69) is 0 Å². The van der Waals surface area contributed by atoms with Gasteiger partial charge in [0, 0.05) is 6.42 Å². The molecule has 216 valence electrons. The van der Waals surface area contributed by atoms with Gasteiger partial charge in [0.15, 0.2) is 5.78 Å². The number of hydrogen-bond acceptors (Lipinski definition) is 7. The molecule has 0 bridgehead atoms. The molecule has 0 atom stereocenters. The van der Waals surface area contributed by atoms with Crippen molar-refractivity contribution < 1.29 is 28.6 Å². The second kappa shape index (κ2) is 14.2. The quantitative estimate of drug-likeness (QED) is 0.107. The lowest BCUT2D eigenvalue weighted by Crippen LogP contribution is -2.10. The van der Waals surface area contributed by atoms with Crippen LogP contribution in [0.15, 0.2) is 115 Å². The molecule has 0 saturated carbocycles. The Hall–Kier alpha value is -5.01. The molecule has 1 heterocycles. The predicted molar refractivity (Wildman–Crippen MR) is 166 cm³/mol. The SMILES string of the molecule is CCC(=O)c1cc(-c2cccc(OCc3ccc(COC(=O)c4ccccc4)c(COC(=O)c4ccccc4)c3)c2)cs1. The van der Waals surface area contributed by atoms with Crippen LogP contribution in [0.1, 0.15) is 60.4 Å². The molecule has 0 radical (unpaired) electrons. The summed E-state index contributed by atoms with van der Waals surface area (Å²) in [6.45, 7) is 2.17. The van der Waals surface area contributed by atoms with Crippen molar-refractivity contribution >= 4 is 29.1 Å². The van der Waals surface area contributed by atoms with Crippen LogP contribution < -0.4 is 4.74 Å². The molecule has 0 spiro atoms. The lowest BCUT2D eigenvalue weighted by atomic mass is 10.0. The molecule has 0 unspecified atom stereocenters. The molecule has 6 nitrogen and oxygen atoms in total. The molecule has 0 aliphatic carbocycles. The summed E-state index contributed by atoms with van der Waals surface area (Å²) >= 11 is 1.45. The Labute approximate surface area is 254 Å². The molecule has 7 heteroatoms. The molecule has 1 aromatic heterocycles. The minimum atomic E-state index is -0.441. The Morgan fingerprint density at radius 2 is 1.28 bits per heavy atom. The summed E-state index contributed by atoms with van der Waals surface area (Å²) < 4.78 is 17.3. The van der Waals surface area contributed by atoms with Gasteiger partial charge >= 0.3 is 11.9 Å². The van der Waals surface area contributed by atoms with E-state index in [1.54, 1.807) is 48.5 Å². The maximum Gasteiger partial charge on any atom is 0.338 e. The van der Waals surface area contributed by atoms with E-state index in [0.717, 1.165) is 27.1 Å². The summed E-state index contributed by atoms with van der Waals surface area (Å²) in [6, 6.07) is 32.9. The van der Waals surface area contributed by atoms with Crippen LogP contribution in [0.25, 0.3) is 11.1 Å². The number of carbonyl (C=O) groups excluding carboxylic acids is 3. The lowest BCUT2D eigenvalue weighted by molar-refractivity contribution is 0.0435. The van der Waals surface area contributed by atoms with Crippen LogP contribution in [0.5, 0.6) is 5.75 Å². The molecule has 0 fully saturated rings. The molecule has 5 rings (SSSR count). The molecule has 4 aromatic carbocycles. The summed E-state index contributed by atoms with van der Waals surface area (Å²) in [5, 5.41) is 1.98. The smallest absolute Gasteiger partial charge is 0.338 e. The van der Waals surface area contributed by atoms with Crippen LogP contribution >= 0.6 is 11.3 Å². The van der Waals surface area contributed by atoms with E-state index in [-0.39, 0.29) is 25.6 Å². The van der Waals surface area contributed by atoms with E-state index >= 15 is 0 Å². The zero-order valence-corrected chi connectivity index (χ0v) is 24.5. The van der Waals surface area contributed by atoms with Crippen LogP contribution in [0.3, 0.4) is 0 Å². The Morgan fingerprint density at radius 3 is 1.93 bits per heavy atom. The highest BCUT2D eigenvalue weighted by molar-refractivity contribution is 7.12. The second-order valence-electron chi connectivity index (χ2n) is 9.78. The van der Waals surface area contributed by atoms with Crippen LogP contribution in [0, 0.1) is 0 Å². The van der Waals surface area contributed by atoms with Gasteiger partial charge in [0.2, 0.25) is 0 Å². The Balaban J connectivity index is 1.29. The lowest BCUT2D eigenvalue weighted by Gasteiger charge is -2.14. The molecule has 43 heavy (non-hydrogen) atoms. The predicted octanol–water partition coefficient (Wildman–Crippen LogP) is 8.30. The highest BCUT2D eigenvalue weighted by Crippen LogP contribution is 2.29. The van der Waals surface area contributed by atoms with Crippen molar-refractivity contribution in [2.75, 3.05) is 0 Å². The number of hydrogen-bond donors (Lipinski definition) is 0. The van der Waals surface area contributed by atoms with Gasteiger partial charge in [-0.05, 0) is 81.7 Å². The molecule has 0 amide bonds. The Kier molecular flexibility index (Phi) is 9.77. The van der Waals surface area contributed by atoms with Crippen molar-refractivity contribution in [1.82, 2.24) is 0 Å². The third-order valence-electron chi connectivity index (χ3n) is 6.78. The first-order chi connectivity index (χ1) is 21.0. The Bertz CT molecular complexity index is 1710. The van der Waals surface area contributed by atoms with E-state index in [1.165, 1.54) is 11.3 Å². The van der Waals surface area contributed by atoms with E-state index < -0.39 is 11.9 Å². The number of carbonyl (C=O) groups is 3. The van der Waals surface area contributed by atoms with Gasteiger partial charge < -0.3 is 14.2 Å². The average Bonchev–Trinajstić information content (AvgIpc) is 3.57. The van der Waals surface area contributed by atoms with Crippen molar-refractivity contribution in [2.45, 2.75) is 33.2 Å². The number of thiophene rings is 1. The zero-order chi connectivity index (χ0) is 30.0. The number of ketones is 1. The number of ether oxygens (including phenoxy) is 3. The fourth-order valence-corrected chi connectivity index (χ4v) is 5.31. The van der Waals surface area contributed by atoms with Crippen LogP contribution in [-0.2, 0) is 29.3 Å². The third-order valence-corrected chi connectivity index (χ3v) is 7.75. The van der Waals surface area contributed by atoms with Crippen molar-refractivity contribution in [3.05, 3.63) is 147 Å². The molecule has 0 aliphatic rings. The maximum absolute atomic E-state index is 12.6. The van der Waals surface area contributed by atoms with E-state index in [4.69, 9.17) is 14.2 Å². The molecule has 0 aliphatic heterocycles. The van der Waals surface area contributed by atoms with Gasteiger partial charge in [-0.3, -0.25) is 4.79 Å². The monoisotopic (exact) mass is 590 g/mol. The van der Waals surface area contributed by atoms with Crippen LogP contribution in [-0.4, -0.2) is 17.7 Å². The first kappa shape index (κ1) is 29.5. The number of Topliss-reactive ketones (excluding diaryl/α,β-unsaturated/α-hetero) is 1. The zero-order valence-electron chi connectivity index (χ0n) is 23.7. The number of esters is 2. The molecular formula is C36H30O6S.